The van der Waals surface area contributed by atoms with Gasteiger partial charge in [0.05, 0.1) is 17.8 Å². The van der Waals surface area contributed by atoms with Crippen LogP contribution in [0.3, 0.4) is 0 Å². The minimum absolute atomic E-state index is 0.0278. The molecule has 3 heterocycles. The average Bonchev–Trinajstić information content (AvgIpc) is 3.38. The summed E-state index contributed by atoms with van der Waals surface area (Å²) in [6, 6.07) is 14.3. The van der Waals surface area contributed by atoms with Gasteiger partial charge in [0.15, 0.2) is 5.17 Å². The number of thioether (sulfide) groups is 1. The van der Waals surface area contributed by atoms with Crippen LogP contribution in [0.2, 0.25) is 0 Å². The molecule has 0 aromatic heterocycles. The van der Waals surface area contributed by atoms with Crippen LogP contribution in [0.15, 0.2) is 70.5 Å². The zero-order chi connectivity index (χ0) is 21.4. The number of halogens is 2. The molecule has 2 aromatic carbocycles. The summed E-state index contributed by atoms with van der Waals surface area (Å²) in [6.45, 7) is 0. The third kappa shape index (κ3) is 4.28. The van der Waals surface area contributed by atoms with Crippen molar-refractivity contribution < 1.29 is 9.18 Å². The molecule has 160 valence electrons. The number of anilines is 1. The Morgan fingerprint density at radius 2 is 1.97 bits per heavy atom. The van der Waals surface area contributed by atoms with Crippen molar-refractivity contribution in [3.05, 3.63) is 76.8 Å². The topological polar surface area (TPSA) is 72.0 Å². The van der Waals surface area contributed by atoms with Crippen LogP contribution < -0.4 is 16.2 Å². The molecule has 0 radical (unpaired) electrons. The lowest BCUT2D eigenvalue weighted by Crippen LogP contribution is -2.54. The molecule has 3 atom stereocenters. The Labute approximate surface area is 191 Å². The second-order valence-corrected chi connectivity index (χ2v) is 9.32. The van der Waals surface area contributed by atoms with Crippen LogP contribution in [0.4, 0.5) is 10.1 Å². The molecule has 0 spiro atoms. The number of nitrogens with zero attached hydrogens (tertiary/aromatic N) is 3. The van der Waals surface area contributed by atoms with Crippen molar-refractivity contribution in [3.8, 4) is 0 Å². The smallest absolute Gasteiger partial charge is 0.234 e. The number of hydrazine groups is 1. The van der Waals surface area contributed by atoms with E-state index in [2.05, 4.69) is 47.1 Å². The lowest BCUT2D eigenvalue weighted by molar-refractivity contribution is -0.113. The van der Waals surface area contributed by atoms with Gasteiger partial charge in [0.25, 0.3) is 0 Å². The highest BCUT2D eigenvalue weighted by atomic mass is 79.9. The van der Waals surface area contributed by atoms with Gasteiger partial charge in [0.1, 0.15) is 12.0 Å². The second-order valence-electron chi connectivity index (χ2n) is 7.46. The molecular formula is C21H20BrFN6OS. The molecule has 5 rings (SSSR count). The van der Waals surface area contributed by atoms with E-state index in [4.69, 9.17) is 0 Å². The zero-order valence-corrected chi connectivity index (χ0v) is 18.7. The molecule has 3 N–H and O–H groups in total. The van der Waals surface area contributed by atoms with Gasteiger partial charge < -0.3 is 15.2 Å². The molecule has 31 heavy (non-hydrogen) atoms. The number of amides is 1. The summed E-state index contributed by atoms with van der Waals surface area (Å²) in [7, 11) is 0. The molecule has 7 nitrogen and oxygen atoms in total. The first-order valence-electron chi connectivity index (χ1n) is 9.85. The van der Waals surface area contributed by atoms with E-state index in [-0.39, 0.29) is 35.7 Å². The predicted molar refractivity (Wildman–Crippen MR) is 123 cm³/mol. The summed E-state index contributed by atoms with van der Waals surface area (Å²) in [4.78, 5) is 14.4. The summed E-state index contributed by atoms with van der Waals surface area (Å²) in [6.07, 6.45) is 4.76. The van der Waals surface area contributed by atoms with E-state index in [0.717, 1.165) is 27.3 Å². The van der Waals surface area contributed by atoms with Crippen LogP contribution in [0.5, 0.6) is 0 Å². The van der Waals surface area contributed by atoms with Gasteiger partial charge in [-0.25, -0.2) is 9.82 Å². The van der Waals surface area contributed by atoms with Crippen molar-refractivity contribution in [1.29, 1.82) is 0 Å². The highest BCUT2D eigenvalue weighted by Crippen LogP contribution is 2.35. The highest BCUT2D eigenvalue weighted by molar-refractivity contribution is 9.10. The Kier molecular flexibility index (Phi) is 5.59. The summed E-state index contributed by atoms with van der Waals surface area (Å²) in [5.41, 5.74) is 8.48. The van der Waals surface area contributed by atoms with Gasteiger partial charge in [-0.05, 0) is 48.4 Å². The fourth-order valence-corrected chi connectivity index (χ4v) is 4.96. The van der Waals surface area contributed by atoms with E-state index in [9.17, 15) is 9.18 Å². The van der Waals surface area contributed by atoms with Crippen molar-refractivity contribution >= 4 is 44.5 Å². The van der Waals surface area contributed by atoms with Crippen LogP contribution >= 0.6 is 27.7 Å². The normalized spacial score (nSPS) is 23.8. The van der Waals surface area contributed by atoms with Crippen molar-refractivity contribution in [2.24, 2.45) is 5.10 Å². The lowest BCUT2D eigenvalue weighted by atomic mass is 10.00. The molecule has 3 aliphatic rings. The van der Waals surface area contributed by atoms with Crippen LogP contribution in [-0.4, -0.2) is 38.9 Å². The molecule has 1 fully saturated rings. The molecular weight excluding hydrogens is 483 g/mol. The fourth-order valence-electron chi connectivity index (χ4n) is 3.92. The molecule has 0 aliphatic carbocycles. The van der Waals surface area contributed by atoms with E-state index in [1.54, 1.807) is 0 Å². The fraction of sp³-hybridized carbons (Fsp3) is 0.238. The first kappa shape index (κ1) is 20.3. The largest absolute Gasteiger partial charge is 0.325 e. The number of carbonyl (C=O) groups is 1. The molecule has 0 bridgehead atoms. The van der Waals surface area contributed by atoms with Crippen LogP contribution in [-0.2, 0) is 4.79 Å². The van der Waals surface area contributed by atoms with Gasteiger partial charge in [0, 0.05) is 22.6 Å². The number of hydrogen-bond donors (Lipinski definition) is 3. The number of hydrazone groups is 1. The Bertz CT molecular complexity index is 1030. The molecule has 3 unspecified atom stereocenters. The summed E-state index contributed by atoms with van der Waals surface area (Å²) < 4.78 is 14.2. The minimum Gasteiger partial charge on any atom is -0.325 e. The van der Waals surface area contributed by atoms with Gasteiger partial charge in [-0.15, -0.1) is 0 Å². The quantitative estimate of drug-likeness (QED) is 0.593. The van der Waals surface area contributed by atoms with E-state index < -0.39 is 0 Å². The number of benzene rings is 2. The Morgan fingerprint density at radius 1 is 1.19 bits per heavy atom. The lowest BCUT2D eigenvalue weighted by Gasteiger charge is -2.36. The summed E-state index contributed by atoms with van der Waals surface area (Å²) in [5.74, 6) is -0.0550. The molecule has 2 aromatic rings. The van der Waals surface area contributed by atoms with Crippen molar-refractivity contribution in [3.63, 3.8) is 0 Å². The van der Waals surface area contributed by atoms with Crippen molar-refractivity contribution in [2.75, 3.05) is 11.1 Å². The number of rotatable bonds is 4. The molecule has 0 saturated carbocycles. The van der Waals surface area contributed by atoms with E-state index in [1.165, 1.54) is 23.9 Å². The Morgan fingerprint density at radius 3 is 2.74 bits per heavy atom. The third-order valence-corrected chi connectivity index (χ3v) is 6.93. The Balaban J connectivity index is 1.18. The molecule has 10 heteroatoms. The maximum absolute atomic E-state index is 13.2. The predicted octanol–water partition coefficient (Wildman–Crippen LogP) is 3.57. The van der Waals surface area contributed by atoms with Crippen molar-refractivity contribution in [2.45, 2.75) is 24.7 Å². The number of hydrogen-bond acceptors (Lipinski definition) is 7. The molecule has 3 aliphatic heterocycles. The third-order valence-electron chi connectivity index (χ3n) is 5.44. The van der Waals surface area contributed by atoms with Gasteiger partial charge in [-0.3, -0.25) is 10.2 Å². The second kappa shape index (κ2) is 8.52. The van der Waals surface area contributed by atoms with Gasteiger partial charge >= 0.3 is 0 Å². The zero-order valence-electron chi connectivity index (χ0n) is 16.3. The number of nitrogens with one attached hydrogen (secondary N) is 3. The monoisotopic (exact) mass is 502 g/mol. The number of amidine groups is 1. The van der Waals surface area contributed by atoms with Crippen LogP contribution in [0.25, 0.3) is 0 Å². The average molecular weight is 503 g/mol. The number of carbonyl (C=O) groups excluding carboxylic acids is 1. The summed E-state index contributed by atoms with van der Waals surface area (Å²) >= 11 is 4.78. The highest BCUT2D eigenvalue weighted by Gasteiger charge is 2.44. The minimum atomic E-state index is -0.234. The van der Waals surface area contributed by atoms with Crippen LogP contribution in [0, 0.1) is 5.82 Å². The first-order chi connectivity index (χ1) is 15.1. The maximum atomic E-state index is 13.2. The van der Waals surface area contributed by atoms with Gasteiger partial charge in [-0.1, -0.05) is 39.8 Å². The van der Waals surface area contributed by atoms with Crippen molar-refractivity contribution in [1.82, 2.24) is 20.8 Å². The van der Waals surface area contributed by atoms with E-state index in [1.807, 2.05) is 48.8 Å². The van der Waals surface area contributed by atoms with E-state index in [0.29, 0.717) is 0 Å². The SMILES string of the molecule is O=C(CSC1=NNC2C3CC(c4ccc(F)cc4)NN3C=CN12)Nc1ccc(Br)cc1. The van der Waals surface area contributed by atoms with Gasteiger partial charge in [-0.2, -0.15) is 5.10 Å². The summed E-state index contributed by atoms with van der Waals surface area (Å²) in [5, 5.41) is 10.2. The maximum Gasteiger partial charge on any atom is 0.234 e. The standard InChI is InChI=1S/C21H20BrFN6OS/c22-14-3-7-16(8-4-14)24-19(30)12-31-21-26-25-20-18-11-17(13-1-5-15(23)6-2-13)27-29(18)10-9-28(20)21/h1-10,17-18,20,25,27H,11-12H2,(H,24,30). The van der Waals surface area contributed by atoms with Crippen LogP contribution in [0.1, 0.15) is 18.0 Å². The first-order valence-corrected chi connectivity index (χ1v) is 11.6. The number of fused-ring (bicyclic) bond motifs is 3. The Hall–Kier alpha value is -2.56. The van der Waals surface area contributed by atoms with E-state index >= 15 is 0 Å². The molecule has 1 amide bonds. The van der Waals surface area contributed by atoms with Gasteiger partial charge in [0.2, 0.25) is 5.91 Å². The molecule has 1 saturated heterocycles.